The molecule has 1 heterocycles. The molecule has 0 aliphatic heterocycles. The van der Waals surface area contributed by atoms with Crippen molar-refractivity contribution in [2.24, 2.45) is 0 Å². The monoisotopic (exact) mass is 351 g/mol. The Kier molecular flexibility index (Phi) is 5.22. The SMILES string of the molecule is COc1ccc(-c2cc(CC(=O)Nc3ccc(N(C)C)cc3)no2)cc1. The summed E-state index contributed by atoms with van der Waals surface area (Å²) in [7, 11) is 5.56. The van der Waals surface area contributed by atoms with Crippen molar-refractivity contribution in [3.63, 3.8) is 0 Å². The number of amides is 1. The largest absolute Gasteiger partial charge is 0.497 e. The van der Waals surface area contributed by atoms with E-state index in [1.54, 1.807) is 13.2 Å². The third-order valence-electron chi connectivity index (χ3n) is 3.94. The number of rotatable bonds is 6. The van der Waals surface area contributed by atoms with E-state index in [-0.39, 0.29) is 12.3 Å². The Hall–Kier alpha value is -3.28. The molecule has 0 saturated heterocycles. The minimum atomic E-state index is -0.141. The van der Waals surface area contributed by atoms with Crippen LogP contribution in [0, 0.1) is 0 Å². The molecule has 0 fully saturated rings. The Balaban J connectivity index is 1.61. The number of benzene rings is 2. The summed E-state index contributed by atoms with van der Waals surface area (Å²) < 4.78 is 10.5. The van der Waals surface area contributed by atoms with E-state index < -0.39 is 0 Å². The van der Waals surface area contributed by atoms with Crippen molar-refractivity contribution < 1.29 is 14.1 Å². The molecule has 0 aliphatic carbocycles. The second kappa shape index (κ2) is 7.74. The van der Waals surface area contributed by atoms with Crippen molar-refractivity contribution >= 4 is 17.3 Å². The number of nitrogens with zero attached hydrogens (tertiary/aromatic N) is 2. The highest BCUT2D eigenvalue weighted by atomic mass is 16.5. The summed E-state index contributed by atoms with van der Waals surface area (Å²) in [5, 5.41) is 6.85. The van der Waals surface area contributed by atoms with Crippen LogP contribution in [-0.4, -0.2) is 32.3 Å². The molecule has 1 aromatic heterocycles. The normalized spacial score (nSPS) is 10.4. The van der Waals surface area contributed by atoms with Crippen LogP contribution < -0.4 is 15.0 Å². The minimum Gasteiger partial charge on any atom is -0.497 e. The van der Waals surface area contributed by atoms with Crippen LogP contribution in [0.1, 0.15) is 5.69 Å². The third kappa shape index (κ3) is 4.22. The smallest absolute Gasteiger partial charge is 0.230 e. The zero-order valence-corrected chi connectivity index (χ0v) is 15.0. The summed E-state index contributed by atoms with van der Waals surface area (Å²) >= 11 is 0. The van der Waals surface area contributed by atoms with Crippen LogP contribution in [0.4, 0.5) is 11.4 Å². The second-order valence-electron chi connectivity index (χ2n) is 6.08. The van der Waals surface area contributed by atoms with E-state index in [4.69, 9.17) is 9.26 Å². The van der Waals surface area contributed by atoms with Gasteiger partial charge in [0, 0.05) is 37.1 Å². The fourth-order valence-corrected chi connectivity index (χ4v) is 2.50. The van der Waals surface area contributed by atoms with E-state index in [9.17, 15) is 4.79 Å². The third-order valence-corrected chi connectivity index (χ3v) is 3.94. The Labute approximate surface area is 152 Å². The van der Waals surface area contributed by atoms with E-state index >= 15 is 0 Å². The predicted octanol–water partition coefficient (Wildman–Crippen LogP) is 3.60. The molecule has 0 bridgehead atoms. The Bertz CT molecular complexity index is 868. The van der Waals surface area contributed by atoms with Crippen LogP contribution >= 0.6 is 0 Å². The average molecular weight is 351 g/mol. The highest BCUT2D eigenvalue weighted by molar-refractivity contribution is 5.92. The fraction of sp³-hybridized carbons (Fsp3) is 0.200. The summed E-state index contributed by atoms with van der Waals surface area (Å²) in [5.74, 6) is 1.25. The van der Waals surface area contributed by atoms with Gasteiger partial charge in [-0.25, -0.2) is 0 Å². The first-order valence-electron chi connectivity index (χ1n) is 8.22. The van der Waals surface area contributed by atoms with Crippen molar-refractivity contribution in [1.82, 2.24) is 5.16 Å². The van der Waals surface area contributed by atoms with E-state index in [0.717, 1.165) is 22.7 Å². The zero-order valence-electron chi connectivity index (χ0n) is 15.0. The van der Waals surface area contributed by atoms with E-state index in [2.05, 4.69) is 10.5 Å². The van der Waals surface area contributed by atoms with E-state index in [1.165, 1.54) is 0 Å². The van der Waals surface area contributed by atoms with Crippen LogP contribution in [-0.2, 0) is 11.2 Å². The molecule has 0 unspecified atom stereocenters. The number of anilines is 2. The van der Waals surface area contributed by atoms with Crippen LogP contribution in [0.3, 0.4) is 0 Å². The molecule has 0 spiro atoms. The van der Waals surface area contributed by atoms with E-state index in [0.29, 0.717) is 11.5 Å². The van der Waals surface area contributed by atoms with Crippen molar-refractivity contribution in [3.8, 4) is 17.1 Å². The van der Waals surface area contributed by atoms with Gasteiger partial charge in [-0.2, -0.15) is 0 Å². The molecule has 6 nitrogen and oxygen atoms in total. The first-order chi connectivity index (χ1) is 12.5. The lowest BCUT2D eigenvalue weighted by Gasteiger charge is -2.12. The summed E-state index contributed by atoms with van der Waals surface area (Å²) in [4.78, 5) is 14.2. The number of hydrogen-bond donors (Lipinski definition) is 1. The van der Waals surface area contributed by atoms with Crippen LogP contribution in [0.25, 0.3) is 11.3 Å². The van der Waals surface area contributed by atoms with Crippen LogP contribution in [0.2, 0.25) is 0 Å². The van der Waals surface area contributed by atoms with Crippen molar-refractivity contribution in [1.29, 1.82) is 0 Å². The lowest BCUT2D eigenvalue weighted by atomic mass is 10.1. The number of carbonyl (C=O) groups is 1. The topological polar surface area (TPSA) is 67.6 Å². The van der Waals surface area contributed by atoms with Gasteiger partial charge in [0.25, 0.3) is 0 Å². The molecule has 1 amide bonds. The van der Waals surface area contributed by atoms with Gasteiger partial charge in [0.2, 0.25) is 5.91 Å². The molecule has 0 atom stereocenters. The highest BCUT2D eigenvalue weighted by Crippen LogP contribution is 2.23. The molecular formula is C20H21N3O3. The Morgan fingerprint density at radius 1 is 1.12 bits per heavy atom. The van der Waals surface area contributed by atoms with Crippen LogP contribution in [0.15, 0.2) is 59.1 Å². The van der Waals surface area contributed by atoms with Gasteiger partial charge in [-0.3, -0.25) is 4.79 Å². The second-order valence-corrected chi connectivity index (χ2v) is 6.08. The number of carbonyl (C=O) groups excluding carboxylic acids is 1. The van der Waals surface area contributed by atoms with Gasteiger partial charge in [-0.1, -0.05) is 5.16 Å². The molecule has 134 valence electrons. The summed E-state index contributed by atoms with van der Waals surface area (Å²) in [6.07, 6.45) is 0.148. The molecule has 0 radical (unpaired) electrons. The summed E-state index contributed by atoms with van der Waals surface area (Å²) in [5.41, 5.74) is 3.28. The minimum absolute atomic E-state index is 0.141. The van der Waals surface area contributed by atoms with Gasteiger partial charge in [0.15, 0.2) is 5.76 Å². The molecule has 0 saturated carbocycles. The zero-order chi connectivity index (χ0) is 18.5. The number of hydrogen-bond acceptors (Lipinski definition) is 5. The molecule has 3 rings (SSSR count). The van der Waals surface area contributed by atoms with Gasteiger partial charge >= 0.3 is 0 Å². The Morgan fingerprint density at radius 3 is 2.42 bits per heavy atom. The molecule has 2 aromatic carbocycles. The number of nitrogens with one attached hydrogen (secondary N) is 1. The standard InChI is InChI=1S/C20H21N3O3/c1-23(2)17-8-6-15(7-9-17)21-20(24)13-16-12-19(26-22-16)14-4-10-18(25-3)11-5-14/h4-12H,13H2,1-3H3,(H,21,24). The molecular weight excluding hydrogens is 330 g/mol. The maximum atomic E-state index is 12.2. The summed E-state index contributed by atoms with van der Waals surface area (Å²) in [6.45, 7) is 0. The number of ether oxygens (including phenoxy) is 1. The van der Waals surface area contributed by atoms with E-state index in [1.807, 2.05) is 67.5 Å². The van der Waals surface area contributed by atoms with Crippen molar-refractivity contribution in [3.05, 3.63) is 60.3 Å². The maximum Gasteiger partial charge on any atom is 0.230 e. The quantitative estimate of drug-likeness (QED) is 0.735. The van der Waals surface area contributed by atoms with Gasteiger partial charge in [0.05, 0.1) is 19.2 Å². The average Bonchev–Trinajstić information content (AvgIpc) is 3.10. The van der Waals surface area contributed by atoms with Crippen LogP contribution in [0.5, 0.6) is 5.75 Å². The van der Waals surface area contributed by atoms with Gasteiger partial charge in [0.1, 0.15) is 5.75 Å². The Morgan fingerprint density at radius 2 is 1.81 bits per heavy atom. The number of aromatic nitrogens is 1. The van der Waals surface area contributed by atoms with Crippen molar-refractivity contribution in [2.45, 2.75) is 6.42 Å². The molecule has 6 heteroatoms. The number of methoxy groups -OCH3 is 1. The first-order valence-corrected chi connectivity index (χ1v) is 8.22. The van der Waals surface area contributed by atoms with Gasteiger partial charge in [-0.05, 0) is 48.5 Å². The highest BCUT2D eigenvalue weighted by Gasteiger charge is 2.11. The molecule has 3 aromatic rings. The first kappa shape index (κ1) is 17.5. The maximum absolute atomic E-state index is 12.2. The summed E-state index contributed by atoms with van der Waals surface area (Å²) in [6, 6.07) is 16.9. The van der Waals surface area contributed by atoms with Crippen molar-refractivity contribution in [2.75, 3.05) is 31.4 Å². The fourth-order valence-electron chi connectivity index (χ4n) is 2.50. The lowest BCUT2D eigenvalue weighted by molar-refractivity contribution is -0.115. The lowest BCUT2D eigenvalue weighted by Crippen LogP contribution is -2.15. The molecule has 1 N–H and O–H groups in total. The molecule has 26 heavy (non-hydrogen) atoms. The van der Waals surface area contributed by atoms with Gasteiger partial charge in [-0.15, -0.1) is 0 Å². The molecule has 0 aliphatic rings. The van der Waals surface area contributed by atoms with Gasteiger partial charge < -0.3 is 19.5 Å². The predicted molar refractivity (Wildman–Crippen MR) is 102 cm³/mol.